The Morgan fingerprint density at radius 2 is 1.69 bits per heavy atom. The van der Waals surface area contributed by atoms with Crippen LogP contribution >= 0.6 is 0 Å². The number of imide groups is 1. The van der Waals surface area contributed by atoms with E-state index in [-0.39, 0.29) is 98.0 Å². The highest BCUT2D eigenvalue weighted by Gasteiger charge is 2.46. The van der Waals surface area contributed by atoms with Crippen molar-refractivity contribution in [1.29, 1.82) is 0 Å². The van der Waals surface area contributed by atoms with E-state index in [2.05, 4.69) is 26.6 Å². The number of hydrogen-bond donors (Lipinski definition) is 6. The topological polar surface area (TPSA) is 283 Å². The van der Waals surface area contributed by atoms with Crippen LogP contribution in [0.15, 0.2) is 59.4 Å². The fraction of sp³-hybridized carbons (Fsp3) is 0.455. The van der Waals surface area contributed by atoms with E-state index in [1.165, 1.54) is 18.2 Å². The molecule has 0 spiro atoms. The van der Waals surface area contributed by atoms with Gasteiger partial charge in [-0.25, -0.2) is 14.2 Å². The summed E-state index contributed by atoms with van der Waals surface area (Å²) in [5, 5.41) is 26.2. The maximum atomic E-state index is 15.4. The number of carbonyl (C=O) groups excluding carboxylic acids is 8. The molecule has 6 amide bonds. The minimum absolute atomic E-state index is 0.00721. The number of benzene rings is 2. The third-order valence-corrected chi connectivity index (χ3v) is 15.1. The van der Waals surface area contributed by atoms with Crippen LogP contribution < -0.4 is 32.1 Å². The van der Waals surface area contributed by atoms with Gasteiger partial charge in [0.05, 0.1) is 42.2 Å². The van der Waals surface area contributed by atoms with E-state index in [0.717, 1.165) is 39.8 Å². The number of pyridine rings is 2. The summed E-state index contributed by atoms with van der Waals surface area (Å²) in [6.45, 7) is 2.25. The van der Waals surface area contributed by atoms with E-state index in [9.17, 15) is 48.3 Å². The van der Waals surface area contributed by atoms with Crippen LogP contribution in [0.2, 0.25) is 0 Å². The second-order valence-electron chi connectivity index (χ2n) is 20.2. The molecule has 0 saturated heterocycles. The van der Waals surface area contributed by atoms with E-state index in [0.29, 0.717) is 66.7 Å². The Labute approximate surface area is 441 Å². The summed E-state index contributed by atoms with van der Waals surface area (Å²) in [5.41, 5.74) is 3.48. The molecule has 4 aromatic rings. The first-order valence-electron chi connectivity index (χ1n) is 26.0. The maximum Gasteiger partial charge on any atom is 0.343 e. The molecule has 5 aliphatic rings. The second-order valence-corrected chi connectivity index (χ2v) is 20.2. The zero-order valence-corrected chi connectivity index (χ0v) is 42.8. The number of unbranched alkanes of at least 4 members (excludes halogenated alkanes) is 2. The minimum Gasteiger partial charge on any atom is -0.458 e. The van der Waals surface area contributed by atoms with Crippen molar-refractivity contribution in [2.24, 2.45) is 5.92 Å². The number of amides is 6. The average Bonchev–Trinajstić information content (AvgIpc) is 4.20. The summed E-state index contributed by atoms with van der Waals surface area (Å²) in [4.78, 5) is 120. The Balaban J connectivity index is 0.712. The number of esters is 2. The fourth-order valence-electron chi connectivity index (χ4n) is 10.9. The van der Waals surface area contributed by atoms with Crippen molar-refractivity contribution in [3.63, 3.8) is 0 Å². The van der Waals surface area contributed by atoms with Crippen LogP contribution in [0, 0.1) is 18.7 Å². The molecule has 406 valence electrons. The lowest BCUT2D eigenvalue weighted by molar-refractivity contribution is -0.172. The van der Waals surface area contributed by atoms with Gasteiger partial charge in [-0.1, -0.05) is 43.7 Å². The number of nitrogens with one attached hydrogen (secondary N) is 5. The number of halogens is 1. The van der Waals surface area contributed by atoms with Crippen LogP contribution in [-0.2, 0) is 84.2 Å². The van der Waals surface area contributed by atoms with Gasteiger partial charge in [-0.15, -0.1) is 0 Å². The lowest BCUT2D eigenvalue weighted by atomic mass is 9.77. The summed E-state index contributed by atoms with van der Waals surface area (Å²) in [6.07, 6.45) is 7.01. The van der Waals surface area contributed by atoms with Crippen LogP contribution in [0.1, 0.15) is 103 Å². The monoisotopic (exact) mass is 1060 g/mol. The van der Waals surface area contributed by atoms with Gasteiger partial charge in [0.15, 0.2) is 12.2 Å². The molecule has 3 aliphatic heterocycles. The number of nitrogens with zero attached hydrogens (tertiary/aromatic N) is 3. The number of aryl methyl sites for hydroxylation is 1. The standard InChI is InChI=1S/C55H61FN8O13/c1-3-55(74)37-21-42-51-35(25-64(42)53(72)36(37)27-77-54(55)73)50-39(14-13-34-30(2)38(56)22-40(62-51)49(34)50)60-33-18-32(19-33)26-75-29-59-44(66)23-58-52(71)41(20-31-10-6-4-7-11-31)61-45(67)28-76-48(70)24-57-43(65)12-8-5-9-17-63-46(68)15-16-47(63)69/h4,6-7,10-11,15-16,21-22,32-33,39,41,60,74H,3,5,8-9,12-14,17-20,23-29H2,1-2H3,(H,57,65)(H,58,71)(H,59,66)(H,61,67)/t32?,33?,39-,41-,55-/m0/s1. The van der Waals surface area contributed by atoms with Crippen molar-refractivity contribution in [3.8, 4) is 11.4 Å². The molecule has 2 aromatic carbocycles. The molecule has 3 atom stereocenters. The second kappa shape index (κ2) is 23.3. The minimum atomic E-state index is -1.98. The van der Waals surface area contributed by atoms with Crippen molar-refractivity contribution in [1.82, 2.24) is 41.0 Å². The van der Waals surface area contributed by atoms with Crippen molar-refractivity contribution in [2.75, 3.05) is 39.6 Å². The third-order valence-electron chi connectivity index (χ3n) is 15.1. The van der Waals surface area contributed by atoms with Crippen LogP contribution in [0.4, 0.5) is 4.39 Å². The molecule has 0 bridgehead atoms. The molecule has 22 heteroatoms. The van der Waals surface area contributed by atoms with Crippen LogP contribution in [0.5, 0.6) is 0 Å². The number of hydrogen-bond acceptors (Lipinski definition) is 15. The molecule has 21 nitrogen and oxygen atoms in total. The number of fused-ring (bicyclic) bond motifs is 5. The van der Waals surface area contributed by atoms with Crippen LogP contribution in [0.3, 0.4) is 0 Å². The SMILES string of the molecule is CC[C@@]1(O)C(=O)OCc2c1cc1n(c2=O)Cc2c-1nc1cc(F)c(C)c3c1c2[C@@H](NC1CC(COCNC(=O)CNC(=O)[C@H](Cc2ccccc2)NC(=O)COC(=O)CNC(=O)CCCCCN2C(=O)C=CC2=O)C1)CC3. The van der Waals surface area contributed by atoms with Crippen molar-refractivity contribution in [3.05, 3.63) is 110 Å². The molecule has 6 N–H and O–H groups in total. The lowest BCUT2D eigenvalue weighted by Gasteiger charge is -2.40. The molecule has 0 unspecified atom stereocenters. The number of ether oxygens (including phenoxy) is 3. The van der Waals surface area contributed by atoms with E-state index in [4.69, 9.17) is 19.2 Å². The van der Waals surface area contributed by atoms with Crippen LogP contribution in [0.25, 0.3) is 22.3 Å². The first kappa shape index (κ1) is 54.1. The maximum absolute atomic E-state index is 15.4. The Morgan fingerprint density at radius 3 is 2.44 bits per heavy atom. The smallest absolute Gasteiger partial charge is 0.343 e. The number of carbonyl (C=O) groups is 8. The lowest BCUT2D eigenvalue weighted by Crippen LogP contribution is -2.51. The van der Waals surface area contributed by atoms with Gasteiger partial charge >= 0.3 is 11.9 Å². The van der Waals surface area contributed by atoms with Gasteiger partial charge in [-0.2, -0.15) is 0 Å². The average molecular weight is 1060 g/mol. The third kappa shape index (κ3) is 11.7. The van der Waals surface area contributed by atoms with E-state index < -0.39 is 66.9 Å². The molecule has 2 aliphatic carbocycles. The number of aromatic nitrogens is 2. The Bertz CT molecular complexity index is 3120. The van der Waals surface area contributed by atoms with E-state index >= 15 is 4.39 Å². The molecule has 0 radical (unpaired) electrons. The zero-order valence-electron chi connectivity index (χ0n) is 42.8. The Hall–Kier alpha value is -7.69. The molecule has 1 fully saturated rings. The van der Waals surface area contributed by atoms with Crippen molar-refractivity contribution in [2.45, 2.75) is 115 Å². The quantitative estimate of drug-likeness (QED) is 0.0236. The van der Waals surface area contributed by atoms with E-state index in [1.54, 1.807) is 54.8 Å². The first-order chi connectivity index (χ1) is 37.0. The molecule has 9 rings (SSSR count). The van der Waals surface area contributed by atoms with Gasteiger partial charge in [0.2, 0.25) is 17.7 Å². The van der Waals surface area contributed by atoms with Gasteiger partial charge in [-0.3, -0.25) is 43.3 Å². The zero-order chi connectivity index (χ0) is 54.5. The molecular formula is C55H61FN8O13. The molecule has 5 heterocycles. The fourth-order valence-corrected chi connectivity index (χ4v) is 10.9. The summed E-state index contributed by atoms with van der Waals surface area (Å²) in [7, 11) is 0. The highest BCUT2D eigenvalue weighted by molar-refractivity contribution is 6.12. The molecule has 1 saturated carbocycles. The van der Waals surface area contributed by atoms with Crippen molar-refractivity contribution >= 4 is 58.3 Å². The number of aliphatic hydroxyl groups is 1. The summed E-state index contributed by atoms with van der Waals surface area (Å²) < 4.78 is 33.1. The predicted molar refractivity (Wildman–Crippen MR) is 272 cm³/mol. The summed E-state index contributed by atoms with van der Waals surface area (Å²) >= 11 is 0. The number of rotatable bonds is 23. The Morgan fingerprint density at radius 1 is 0.922 bits per heavy atom. The predicted octanol–water partition coefficient (Wildman–Crippen LogP) is 1.96. The van der Waals surface area contributed by atoms with Gasteiger partial charge in [0.25, 0.3) is 23.3 Å². The van der Waals surface area contributed by atoms with Crippen LogP contribution in [-0.4, -0.2) is 119 Å². The largest absolute Gasteiger partial charge is 0.458 e. The first-order valence-corrected chi connectivity index (χ1v) is 26.0. The normalized spacial score (nSPS) is 20.1. The van der Waals surface area contributed by atoms with Gasteiger partial charge < -0.3 is 50.5 Å². The highest BCUT2D eigenvalue weighted by atomic mass is 19.1. The Kier molecular flexibility index (Phi) is 16.4. The van der Waals surface area contributed by atoms with Gasteiger partial charge in [-0.05, 0) is 86.1 Å². The van der Waals surface area contributed by atoms with Gasteiger partial charge in [0, 0.05) is 66.2 Å². The molecule has 77 heavy (non-hydrogen) atoms. The molecular weight excluding hydrogens is 1000 g/mol. The van der Waals surface area contributed by atoms with Gasteiger partial charge in [0.1, 0.15) is 31.7 Å². The number of cyclic esters (lactones) is 1. The van der Waals surface area contributed by atoms with Crippen molar-refractivity contribution < 1.29 is 62.1 Å². The van der Waals surface area contributed by atoms with E-state index in [1.807, 2.05) is 0 Å². The summed E-state index contributed by atoms with van der Waals surface area (Å²) in [5.74, 6) is -4.99. The molecule has 2 aromatic heterocycles. The highest BCUT2D eigenvalue weighted by Crippen LogP contribution is 2.47. The summed E-state index contributed by atoms with van der Waals surface area (Å²) in [6, 6.07) is 10.8.